The third-order valence-electron chi connectivity index (χ3n) is 3.91. The number of carbonyl (C=O) groups excluding carboxylic acids is 3. The van der Waals surface area contributed by atoms with Crippen molar-refractivity contribution in [3.05, 3.63) is 59.7 Å². The molecule has 0 aliphatic rings. The molecule has 0 bridgehead atoms. The number of methoxy groups -OCH3 is 1. The van der Waals surface area contributed by atoms with Gasteiger partial charge in [-0.05, 0) is 36.4 Å². The number of rotatable bonds is 8. The molecule has 0 aromatic heterocycles. The minimum absolute atomic E-state index is 0.110. The number of para-hydroxylation sites is 1. The van der Waals surface area contributed by atoms with Crippen LogP contribution in [0.2, 0.25) is 0 Å². The fraction of sp³-hybridized carbons (Fsp3) is 0.286. The van der Waals surface area contributed by atoms with Gasteiger partial charge in [-0.15, -0.1) is 0 Å². The first-order valence-corrected chi connectivity index (χ1v) is 9.14. The number of nitrogens with one attached hydrogen (secondary N) is 3. The van der Waals surface area contributed by atoms with E-state index in [9.17, 15) is 14.4 Å². The summed E-state index contributed by atoms with van der Waals surface area (Å²) in [7, 11) is 1.56. The molecule has 0 saturated carbocycles. The minimum atomic E-state index is -0.507. The molecule has 154 valence electrons. The molecule has 2 aromatic carbocycles. The van der Waals surface area contributed by atoms with Crippen molar-refractivity contribution in [2.24, 2.45) is 5.92 Å². The van der Waals surface area contributed by atoms with Gasteiger partial charge < -0.3 is 14.8 Å². The zero-order valence-electron chi connectivity index (χ0n) is 16.7. The lowest BCUT2D eigenvalue weighted by molar-refractivity contribution is -0.118. The zero-order chi connectivity index (χ0) is 21.2. The van der Waals surface area contributed by atoms with Crippen molar-refractivity contribution in [3.63, 3.8) is 0 Å². The van der Waals surface area contributed by atoms with Crippen molar-refractivity contribution >= 4 is 23.4 Å². The number of hydrazine groups is 1. The van der Waals surface area contributed by atoms with Crippen LogP contribution in [-0.2, 0) is 9.53 Å². The topological polar surface area (TPSA) is 106 Å². The van der Waals surface area contributed by atoms with Gasteiger partial charge in [-0.25, -0.2) is 0 Å². The van der Waals surface area contributed by atoms with Crippen LogP contribution >= 0.6 is 0 Å². The highest BCUT2D eigenvalue weighted by Gasteiger charge is 2.14. The summed E-state index contributed by atoms with van der Waals surface area (Å²) in [6.07, 6.45) is 0. The Labute approximate surface area is 169 Å². The molecule has 2 rings (SSSR count). The lowest BCUT2D eigenvalue weighted by Crippen LogP contribution is -2.41. The van der Waals surface area contributed by atoms with Crippen LogP contribution in [0, 0.1) is 5.92 Å². The summed E-state index contributed by atoms with van der Waals surface area (Å²) in [5, 5.41) is 2.74. The molecule has 0 fully saturated rings. The van der Waals surface area contributed by atoms with Crippen molar-refractivity contribution in [2.45, 2.75) is 13.8 Å². The summed E-state index contributed by atoms with van der Waals surface area (Å²) in [6.45, 7) is 4.27. The van der Waals surface area contributed by atoms with Crippen molar-refractivity contribution in [1.82, 2.24) is 10.9 Å². The van der Waals surface area contributed by atoms with E-state index in [1.165, 1.54) is 0 Å². The van der Waals surface area contributed by atoms with E-state index in [1.807, 2.05) is 0 Å². The summed E-state index contributed by atoms with van der Waals surface area (Å²) >= 11 is 0. The Morgan fingerprint density at radius 1 is 0.897 bits per heavy atom. The van der Waals surface area contributed by atoms with Crippen LogP contribution in [0.5, 0.6) is 5.75 Å². The third kappa shape index (κ3) is 6.62. The second kappa shape index (κ2) is 10.8. The first-order valence-electron chi connectivity index (χ1n) is 9.14. The van der Waals surface area contributed by atoms with Crippen LogP contribution < -0.4 is 20.9 Å². The van der Waals surface area contributed by atoms with E-state index in [-0.39, 0.29) is 17.4 Å². The molecule has 0 aliphatic carbocycles. The Balaban J connectivity index is 1.93. The molecule has 0 radical (unpaired) electrons. The van der Waals surface area contributed by atoms with E-state index in [1.54, 1.807) is 69.5 Å². The molecule has 3 N–H and O–H groups in total. The number of amides is 3. The molecule has 0 spiro atoms. The van der Waals surface area contributed by atoms with Crippen LogP contribution in [-0.4, -0.2) is 38.0 Å². The van der Waals surface area contributed by atoms with E-state index < -0.39 is 11.8 Å². The van der Waals surface area contributed by atoms with Gasteiger partial charge in [-0.1, -0.05) is 26.0 Å². The van der Waals surface area contributed by atoms with Crippen LogP contribution in [0.4, 0.5) is 5.69 Å². The van der Waals surface area contributed by atoms with E-state index in [0.717, 1.165) is 0 Å². The van der Waals surface area contributed by atoms with E-state index >= 15 is 0 Å². The number of carbonyl (C=O) groups is 3. The Morgan fingerprint density at radius 2 is 1.55 bits per heavy atom. The fourth-order valence-corrected chi connectivity index (χ4v) is 2.26. The molecule has 0 unspecified atom stereocenters. The quantitative estimate of drug-likeness (QED) is 0.467. The third-order valence-corrected chi connectivity index (χ3v) is 3.91. The van der Waals surface area contributed by atoms with Gasteiger partial charge in [0.1, 0.15) is 12.4 Å². The van der Waals surface area contributed by atoms with Crippen LogP contribution in [0.25, 0.3) is 0 Å². The van der Waals surface area contributed by atoms with Gasteiger partial charge in [0.05, 0.1) is 12.2 Å². The SMILES string of the molecule is COCCOc1ccccc1C(=O)NNC(=O)c1ccc(NC(=O)C(C)C)cc1. The molecule has 29 heavy (non-hydrogen) atoms. The van der Waals surface area contributed by atoms with Gasteiger partial charge in [-0.3, -0.25) is 25.2 Å². The molecule has 0 heterocycles. The zero-order valence-corrected chi connectivity index (χ0v) is 16.7. The molecule has 0 atom stereocenters. The predicted octanol–water partition coefficient (Wildman–Crippen LogP) is 2.38. The van der Waals surface area contributed by atoms with Gasteiger partial charge >= 0.3 is 0 Å². The largest absolute Gasteiger partial charge is 0.490 e. The Hall–Kier alpha value is -3.39. The second-order valence-electron chi connectivity index (χ2n) is 6.47. The highest BCUT2D eigenvalue weighted by Crippen LogP contribution is 2.17. The monoisotopic (exact) mass is 399 g/mol. The highest BCUT2D eigenvalue weighted by molar-refractivity contribution is 6.00. The Kier molecular flexibility index (Phi) is 8.17. The molecular formula is C21H25N3O5. The summed E-state index contributed by atoms with van der Waals surface area (Å²) in [4.78, 5) is 36.3. The van der Waals surface area contributed by atoms with Crippen molar-refractivity contribution < 1.29 is 23.9 Å². The highest BCUT2D eigenvalue weighted by atomic mass is 16.5. The number of anilines is 1. The van der Waals surface area contributed by atoms with Gasteiger partial charge in [-0.2, -0.15) is 0 Å². The summed E-state index contributed by atoms with van der Waals surface area (Å²) < 4.78 is 10.4. The van der Waals surface area contributed by atoms with Crippen molar-refractivity contribution in [1.29, 1.82) is 0 Å². The average molecular weight is 399 g/mol. The molecule has 8 heteroatoms. The summed E-state index contributed by atoms with van der Waals surface area (Å²) in [5.74, 6) is -0.859. The van der Waals surface area contributed by atoms with Gasteiger partial charge in [0.15, 0.2) is 0 Å². The van der Waals surface area contributed by atoms with Crippen molar-refractivity contribution in [3.8, 4) is 5.75 Å². The molecule has 3 amide bonds. The predicted molar refractivity (Wildman–Crippen MR) is 109 cm³/mol. The lowest BCUT2D eigenvalue weighted by atomic mass is 10.1. The molecule has 8 nitrogen and oxygen atoms in total. The van der Waals surface area contributed by atoms with Gasteiger partial charge in [0.2, 0.25) is 5.91 Å². The maximum absolute atomic E-state index is 12.4. The van der Waals surface area contributed by atoms with Crippen LogP contribution in [0.1, 0.15) is 34.6 Å². The smallest absolute Gasteiger partial charge is 0.273 e. The van der Waals surface area contributed by atoms with Crippen molar-refractivity contribution in [2.75, 3.05) is 25.6 Å². The Morgan fingerprint density at radius 3 is 2.21 bits per heavy atom. The molecular weight excluding hydrogens is 374 g/mol. The minimum Gasteiger partial charge on any atom is -0.490 e. The lowest BCUT2D eigenvalue weighted by Gasteiger charge is -2.12. The van der Waals surface area contributed by atoms with E-state index in [0.29, 0.717) is 30.2 Å². The molecule has 2 aromatic rings. The van der Waals surface area contributed by atoms with Gasteiger partial charge in [0, 0.05) is 24.3 Å². The average Bonchev–Trinajstić information content (AvgIpc) is 2.72. The van der Waals surface area contributed by atoms with E-state index in [2.05, 4.69) is 16.2 Å². The number of hydrogen-bond acceptors (Lipinski definition) is 5. The molecule has 0 aliphatic heterocycles. The van der Waals surface area contributed by atoms with Crippen LogP contribution in [0.15, 0.2) is 48.5 Å². The first kappa shape index (κ1) is 21.9. The van der Waals surface area contributed by atoms with Gasteiger partial charge in [0.25, 0.3) is 11.8 Å². The fourth-order valence-electron chi connectivity index (χ4n) is 2.26. The normalized spacial score (nSPS) is 10.3. The number of benzene rings is 2. The maximum atomic E-state index is 12.4. The summed E-state index contributed by atoms with van der Waals surface area (Å²) in [5.41, 5.74) is 5.94. The number of ether oxygens (including phenoxy) is 2. The van der Waals surface area contributed by atoms with E-state index in [4.69, 9.17) is 9.47 Å². The summed E-state index contributed by atoms with van der Waals surface area (Å²) in [6, 6.07) is 13.1. The maximum Gasteiger partial charge on any atom is 0.273 e. The first-order chi connectivity index (χ1) is 13.9. The number of hydrogen-bond donors (Lipinski definition) is 3. The second-order valence-corrected chi connectivity index (χ2v) is 6.47. The standard InChI is InChI=1S/C21H25N3O5/c1-14(2)19(25)22-16-10-8-15(9-11-16)20(26)23-24-21(27)17-6-4-5-7-18(17)29-13-12-28-3/h4-11,14H,12-13H2,1-3H3,(H,22,25)(H,23,26)(H,24,27). The van der Waals surface area contributed by atoms with Crippen LogP contribution in [0.3, 0.4) is 0 Å². The molecule has 0 saturated heterocycles. The Bertz CT molecular complexity index is 850.